The van der Waals surface area contributed by atoms with E-state index in [0.717, 1.165) is 11.8 Å². The summed E-state index contributed by atoms with van der Waals surface area (Å²) < 4.78 is 0. The molecule has 0 unspecified atom stereocenters. The highest BCUT2D eigenvalue weighted by Gasteiger charge is 1.89. The Hall–Kier alpha value is 0.110. The molecule has 0 saturated carbocycles. The van der Waals surface area contributed by atoms with Crippen molar-refractivity contribution in [2.45, 2.75) is 6.42 Å². The van der Waals surface area contributed by atoms with Crippen molar-refractivity contribution in [3.8, 4) is 0 Å². The van der Waals surface area contributed by atoms with Crippen LogP contribution in [0, 0.1) is 0 Å². The topological polar surface area (TPSA) is 12.9 Å². The highest BCUT2D eigenvalue weighted by atomic mass is 79.9. The Bertz CT molecular complexity index is 138. The van der Waals surface area contributed by atoms with Gasteiger partial charge in [-0.1, -0.05) is 15.9 Å². The van der Waals surface area contributed by atoms with E-state index in [1.54, 1.807) is 11.3 Å². The fourth-order valence-corrected chi connectivity index (χ4v) is 1.46. The van der Waals surface area contributed by atoms with Crippen LogP contribution in [0.2, 0.25) is 0 Å². The van der Waals surface area contributed by atoms with Gasteiger partial charge in [-0.3, -0.25) is 0 Å². The zero-order valence-electron chi connectivity index (χ0n) is 4.30. The first-order chi connectivity index (χ1) is 3.93. The Kier molecular flexibility index (Phi) is 2.49. The minimum Gasteiger partial charge on any atom is -0.250 e. The van der Waals surface area contributed by atoms with Crippen LogP contribution in [0.4, 0.5) is 0 Å². The molecule has 0 amide bonds. The van der Waals surface area contributed by atoms with E-state index in [2.05, 4.69) is 26.3 Å². The van der Waals surface area contributed by atoms with Gasteiger partial charge in [-0.05, 0) is 0 Å². The van der Waals surface area contributed by atoms with Crippen molar-refractivity contribution in [3.63, 3.8) is 0 Å². The third-order valence-corrected chi connectivity index (χ3v) is 1.87. The highest BCUT2D eigenvalue weighted by Crippen LogP contribution is 2.02. The molecule has 0 aliphatic carbocycles. The Morgan fingerprint density at radius 2 is 2.62 bits per heavy atom. The maximum Gasteiger partial charge on any atom is 0.0794 e. The van der Waals surface area contributed by atoms with Gasteiger partial charge >= 0.3 is 0 Å². The fourth-order valence-electron chi connectivity index (χ4n) is 0.458. The van der Waals surface area contributed by atoms with Gasteiger partial charge < -0.3 is 0 Å². The zero-order valence-corrected chi connectivity index (χ0v) is 6.70. The van der Waals surface area contributed by atoms with E-state index in [1.165, 1.54) is 5.69 Å². The summed E-state index contributed by atoms with van der Waals surface area (Å²) in [6.07, 6.45) is 1.05. The predicted molar refractivity (Wildman–Crippen MR) is 39.6 cm³/mol. The van der Waals surface area contributed by atoms with Crippen molar-refractivity contribution in [1.82, 2.24) is 4.98 Å². The van der Waals surface area contributed by atoms with Crippen LogP contribution < -0.4 is 0 Å². The van der Waals surface area contributed by atoms with E-state index in [-0.39, 0.29) is 0 Å². The molecule has 1 nitrogen and oxygen atoms in total. The Morgan fingerprint density at radius 3 is 3.12 bits per heavy atom. The zero-order chi connectivity index (χ0) is 5.82. The molecule has 0 aliphatic rings. The van der Waals surface area contributed by atoms with Gasteiger partial charge in [-0.2, -0.15) is 0 Å². The van der Waals surface area contributed by atoms with Crippen LogP contribution in [0.3, 0.4) is 0 Å². The van der Waals surface area contributed by atoms with Crippen molar-refractivity contribution in [1.29, 1.82) is 0 Å². The van der Waals surface area contributed by atoms with E-state index in [4.69, 9.17) is 0 Å². The van der Waals surface area contributed by atoms with Crippen molar-refractivity contribution in [3.05, 3.63) is 16.6 Å². The van der Waals surface area contributed by atoms with E-state index in [1.807, 2.05) is 5.51 Å². The second kappa shape index (κ2) is 3.20. The second-order valence-electron chi connectivity index (χ2n) is 1.42. The monoisotopic (exact) mass is 191 g/mol. The number of rotatable bonds is 2. The van der Waals surface area contributed by atoms with Crippen molar-refractivity contribution < 1.29 is 0 Å². The number of halogens is 1. The maximum atomic E-state index is 4.09. The minimum absolute atomic E-state index is 1.01. The third-order valence-electron chi connectivity index (χ3n) is 0.834. The SMILES string of the molecule is BrCCc1cscn1. The van der Waals surface area contributed by atoms with Gasteiger partial charge in [0.05, 0.1) is 11.2 Å². The van der Waals surface area contributed by atoms with Crippen LogP contribution in [-0.4, -0.2) is 10.3 Å². The van der Waals surface area contributed by atoms with Gasteiger partial charge in [0.2, 0.25) is 0 Å². The summed E-state index contributed by atoms with van der Waals surface area (Å²) in [5, 5.41) is 3.08. The number of alkyl halides is 1. The van der Waals surface area contributed by atoms with Crippen molar-refractivity contribution in [2.24, 2.45) is 0 Å². The summed E-state index contributed by atoms with van der Waals surface area (Å²) in [6.45, 7) is 0. The normalized spacial score (nSPS) is 9.62. The lowest BCUT2D eigenvalue weighted by atomic mass is 10.4. The molecule has 3 heteroatoms. The molecular formula is C5H6BrNS. The summed E-state index contributed by atoms with van der Waals surface area (Å²) in [5.41, 5.74) is 3.05. The first kappa shape index (κ1) is 6.23. The molecular weight excluding hydrogens is 186 g/mol. The summed E-state index contributed by atoms with van der Waals surface area (Å²) >= 11 is 4.98. The Balaban J connectivity index is 2.50. The van der Waals surface area contributed by atoms with Gasteiger partial charge in [0.25, 0.3) is 0 Å². The lowest BCUT2D eigenvalue weighted by molar-refractivity contribution is 1.08. The van der Waals surface area contributed by atoms with Crippen LogP contribution >= 0.6 is 27.3 Å². The third kappa shape index (κ3) is 1.56. The Labute approximate surface area is 60.9 Å². The van der Waals surface area contributed by atoms with Crippen LogP contribution in [0.1, 0.15) is 5.69 Å². The number of aromatic nitrogens is 1. The van der Waals surface area contributed by atoms with Crippen LogP contribution in [0.5, 0.6) is 0 Å². The molecule has 1 aromatic rings. The molecule has 0 aromatic carbocycles. The molecule has 8 heavy (non-hydrogen) atoms. The van der Waals surface area contributed by atoms with Crippen molar-refractivity contribution in [2.75, 3.05) is 5.33 Å². The quantitative estimate of drug-likeness (QED) is 0.653. The maximum absolute atomic E-state index is 4.09. The van der Waals surface area contributed by atoms with Gasteiger partial charge in [-0.15, -0.1) is 11.3 Å². The number of hydrogen-bond donors (Lipinski definition) is 0. The second-order valence-corrected chi connectivity index (χ2v) is 2.93. The lowest BCUT2D eigenvalue weighted by Crippen LogP contribution is -1.82. The molecule has 0 aliphatic heterocycles. The molecule has 0 N–H and O–H groups in total. The molecule has 44 valence electrons. The van der Waals surface area contributed by atoms with E-state index < -0.39 is 0 Å². The first-order valence-electron chi connectivity index (χ1n) is 2.36. The fraction of sp³-hybridized carbons (Fsp3) is 0.400. The van der Waals surface area contributed by atoms with Gasteiger partial charge in [0.1, 0.15) is 0 Å². The first-order valence-corrected chi connectivity index (χ1v) is 4.43. The van der Waals surface area contributed by atoms with Gasteiger partial charge in [0.15, 0.2) is 0 Å². The highest BCUT2D eigenvalue weighted by molar-refractivity contribution is 9.09. The van der Waals surface area contributed by atoms with E-state index in [9.17, 15) is 0 Å². The van der Waals surface area contributed by atoms with Crippen LogP contribution in [0.15, 0.2) is 10.9 Å². The molecule has 0 bridgehead atoms. The Morgan fingerprint density at radius 1 is 1.75 bits per heavy atom. The molecule has 0 radical (unpaired) electrons. The smallest absolute Gasteiger partial charge is 0.0794 e. The lowest BCUT2D eigenvalue weighted by Gasteiger charge is -1.83. The summed E-state index contributed by atoms with van der Waals surface area (Å²) in [7, 11) is 0. The molecule has 1 rings (SSSR count). The molecule has 0 fully saturated rings. The average molecular weight is 192 g/mol. The van der Waals surface area contributed by atoms with Gasteiger partial charge in [-0.25, -0.2) is 4.98 Å². The predicted octanol–water partition coefficient (Wildman–Crippen LogP) is 2.08. The van der Waals surface area contributed by atoms with E-state index in [0.29, 0.717) is 0 Å². The van der Waals surface area contributed by atoms with E-state index >= 15 is 0 Å². The van der Waals surface area contributed by atoms with Crippen LogP contribution in [0.25, 0.3) is 0 Å². The van der Waals surface area contributed by atoms with Crippen molar-refractivity contribution >= 4 is 27.3 Å². The van der Waals surface area contributed by atoms with Gasteiger partial charge in [0, 0.05) is 17.1 Å². The summed E-state index contributed by atoms with van der Waals surface area (Å²) in [6, 6.07) is 0. The largest absolute Gasteiger partial charge is 0.250 e. The average Bonchev–Trinajstić information content (AvgIpc) is 2.19. The molecule has 1 aromatic heterocycles. The molecule has 0 saturated heterocycles. The number of nitrogens with zero attached hydrogens (tertiary/aromatic N) is 1. The summed E-state index contributed by atoms with van der Waals surface area (Å²) in [5.74, 6) is 0. The molecule has 0 atom stereocenters. The molecule has 1 heterocycles. The number of aryl methyl sites for hydroxylation is 1. The number of thiazole rings is 1. The minimum atomic E-state index is 1.01. The number of hydrogen-bond acceptors (Lipinski definition) is 2. The van der Waals surface area contributed by atoms with Crippen LogP contribution in [-0.2, 0) is 6.42 Å². The molecule has 0 spiro atoms. The summed E-state index contributed by atoms with van der Waals surface area (Å²) in [4.78, 5) is 4.09. The standard InChI is InChI=1S/C5H6BrNS/c6-2-1-5-3-8-4-7-5/h3-4H,1-2H2.